The third kappa shape index (κ3) is 2.70. The molecule has 2 atom stereocenters. The molecule has 5 heteroatoms. The van der Waals surface area contributed by atoms with Crippen LogP contribution in [0.15, 0.2) is 0 Å². The van der Waals surface area contributed by atoms with Crippen LogP contribution in [0.25, 0.3) is 0 Å². The molecule has 82 valence electrons. The molecule has 0 aliphatic rings. The van der Waals surface area contributed by atoms with Crippen molar-refractivity contribution < 1.29 is 19.8 Å². The van der Waals surface area contributed by atoms with Gasteiger partial charge in [-0.1, -0.05) is 6.92 Å². The van der Waals surface area contributed by atoms with Gasteiger partial charge in [0.2, 0.25) is 0 Å². The van der Waals surface area contributed by atoms with E-state index >= 15 is 0 Å². The highest BCUT2D eigenvalue weighted by atomic mass is 16.4. The van der Waals surface area contributed by atoms with E-state index in [-0.39, 0.29) is 6.42 Å². The second kappa shape index (κ2) is 4.41. The quantitative estimate of drug-likeness (QED) is 0.680. The van der Waals surface area contributed by atoms with Crippen LogP contribution in [0, 0.1) is 5.92 Å². The predicted molar refractivity (Wildman–Crippen MR) is 51.1 cm³/mol. The van der Waals surface area contributed by atoms with Gasteiger partial charge < -0.3 is 10.2 Å². The number of likely N-dealkylation sites (N-methyl/N-ethyl adjacent to an activating group) is 1. The maximum absolute atomic E-state index is 11.0. The van der Waals surface area contributed by atoms with Gasteiger partial charge in [0, 0.05) is 0 Å². The topological polar surface area (TPSA) is 77.8 Å². The van der Waals surface area contributed by atoms with Crippen LogP contribution in [-0.2, 0) is 9.59 Å². The number of aliphatic carboxylic acids is 2. The summed E-state index contributed by atoms with van der Waals surface area (Å²) in [5.74, 6) is -2.64. The van der Waals surface area contributed by atoms with Crippen LogP contribution in [-0.4, -0.2) is 46.7 Å². The Morgan fingerprint density at radius 1 is 1.36 bits per heavy atom. The van der Waals surface area contributed by atoms with Gasteiger partial charge in [-0.3, -0.25) is 14.5 Å². The van der Waals surface area contributed by atoms with Crippen molar-refractivity contribution in [2.45, 2.75) is 25.8 Å². The first-order valence-corrected chi connectivity index (χ1v) is 4.35. The molecule has 0 amide bonds. The van der Waals surface area contributed by atoms with Crippen molar-refractivity contribution in [2.24, 2.45) is 5.92 Å². The molecule has 0 saturated heterocycles. The third-order valence-electron chi connectivity index (χ3n) is 2.57. The number of nitrogens with zero attached hydrogens (tertiary/aromatic N) is 1. The maximum atomic E-state index is 11.0. The Kier molecular flexibility index (Phi) is 4.07. The van der Waals surface area contributed by atoms with E-state index < -0.39 is 23.4 Å². The normalized spacial score (nSPS) is 17.5. The summed E-state index contributed by atoms with van der Waals surface area (Å²) >= 11 is 0. The summed E-state index contributed by atoms with van der Waals surface area (Å²) in [6.07, 6.45) is 0.0880. The highest BCUT2D eigenvalue weighted by Gasteiger charge is 2.38. The fourth-order valence-corrected chi connectivity index (χ4v) is 1.14. The SMILES string of the molecule is CC(CC(C)(C(=O)O)N(C)C)C(=O)O. The molecule has 0 spiro atoms. The average Bonchev–Trinajstić information content (AvgIpc) is 2.02. The number of carbonyl (C=O) groups is 2. The highest BCUT2D eigenvalue weighted by molar-refractivity contribution is 5.79. The standard InChI is InChI=1S/C9H17NO4/c1-6(7(11)12)5-9(2,8(13)14)10(3)4/h6H,5H2,1-4H3,(H,11,12)(H,13,14). The Hall–Kier alpha value is -1.10. The summed E-state index contributed by atoms with van der Waals surface area (Å²) < 4.78 is 0. The monoisotopic (exact) mass is 203 g/mol. The van der Waals surface area contributed by atoms with Crippen molar-refractivity contribution in [1.82, 2.24) is 4.90 Å². The van der Waals surface area contributed by atoms with E-state index in [1.165, 1.54) is 18.7 Å². The second-order valence-electron chi connectivity index (χ2n) is 3.92. The van der Waals surface area contributed by atoms with E-state index in [1.807, 2.05) is 0 Å². The first kappa shape index (κ1) is 12.9. The molecular weight excluding hydrogens is 186 g/mol. The summed E-state index contributed by atoms with van der Waals surface area (Å²) in [5, 5.41) is 17.7. The molecule has 0 aromatic rings. The van der Waals surface area contributed by atoms with E-state index in [9.17, 15) is 9.59 Å². The lowest BCUT2D eigenvalue weighted by atomic mass is 9.89. The van der Waals surface area contributed by atoms with E-state index in [2.05, 4.69) is 0 Å². The lowest BCUT2D eigenvalue weighted by Gasteiger charge is -2.33. The zero-order chi connectivity index (χ0) is 11.5. The van der Waals surface area contributed by atoms with Gasteiger partial charge in [0.1, 0.15) is 5.54 Å². The van der Waals surface area contributed by atoms with Crippen LogP contribution in [0.5, 0.6) is 0 Å². The minimum atomic E-state index is -1.13. The van der Waals surface area contributed by atoms with Crippen molar-refractivity contribution in [3.8, 4) is 0 Å². The molecule has 2 N–H and O–H groups in total. The minimum absolute atomic E-state index is 0.0880. The maximum Gasteiger partial charge on any atom is 0.323 e. The lowest BCUT2D eigenvalue weighted by Crippen LogP contribution is -2.50. The number of carboxylic acids is 2. The largest absolute Gasteiger partial charge is 0.481 e. The Morgan fingerprint density at radius 2 is 1.79 bits per heavy atom. The van der Waals surface area contributed by atoms with Crippen LogP contribution >= 0.6 is 0 Å². The molecular formula is C9H17NO4. The highest BCUT2D eigenvalue weighted by Crippen LogP contribution is 2.22. The molecule has 0 rings (SSSR count). The van der Waals surface area contributed by atoms with Crippen LogP contribution < -0.4 is 0 Å². The van der Waals surface area contributed by atoms with Crippen molar-refractivity contribution in [3.05, 3.63) is 0 Å². The second-order valence-corrected chi connectivity index (χ2v) is 3.92. The molecule has 0 aromatic heterocycles. The summed E-state index contributed by atoms with van der Waals surface area (Å²) in [5.41, 5.74) is -1.13. The van der Waals surface area contributed by atoms with Gasteiger partial charge in [0.15, 0.2) is 0 Å². The zero-order valence-corrected chi connectivity index (χ0v) is 8.94. The first-order chi connectivity index (χ1) is 6.21. The molecule has 2 unspecified atom stereocenters. The van der Waals surface area contributed by atoms with E-state index in [1.54, 1.807) is 14.1 Å². The molecule has 0 aliphatic heterocycles. The molecule has 0 aromatic carbocycles. The summed E-state index contributed by atoms with van der Waals surface area (Å²) in [7, 11) is 3.26. The Balaban J connectivity index is 4.70. The third-order valence-corrected chi connectivity index (χ3v) is 2.57. The van der Waals surface area contributed by atoms with Crippen molar-refractivity contribution in [3.63, 3.8) is 0 Å². The zero-order valence-electron chi connectivity index (χ0n) is 8.94. The van der Waals surface area contributed by atoms with Crippen LogP contribution in [0.1, 0.15) is 20.3 Å². The number of hydrogen-bond donors (Lipinski definition) is 2. The molecule has 0 radical (unpaired) electrons. The number of rotatable bonds is 5. The van der Waals surface area contributed by atoms with Gasteiger partial charge in [-0.05, 0) is 27.4 Å². The average molecular weight is 203 g/mol. The molecule has 14 heavy (non-hydrogen) atoms. The van der Waals surface area contributed by atoms with Crippen molar-refractivity contribution in [1.29, 1.82) is 0 Å². The smallest absolute Gasteiger partial charge is 0.323 e. The van der Waals surface area contributed by atoms with E-state index in [0.29, 0.717) is 0 Å². The summed E-state index contributed by atoms with van der Waals surface area (Å²) in [4.78, 5) is 23.1. The number of hydrogen-bond acceptors (Lipinski definition) is 3. The van der Waals surface area contributed by atoms with Gasteiger partial charge in [0.25, 0.3) is 0 Å². The molecule has 0 saturated carbocycles. The fourth-order valence-electron chi connectivity index (χ4n) is 1.14. The first-order valence-electron chi connectivity index (χ1n) is 4.35. The lowest BCUT2D eigenvalue weighted by molar-refractivity contribution is -0.152. The van der Waals surface area contributed by atoms with E-state index in [0.717, 1.165) is 0 Å². The fraction of sp³-hybridized carbons (Fsp3) is 0.778. The Bertz CT molecular complexity index is 239. The van der Waals surface area contributed by atoms with Crippen molar-refractivity contribution >= 4 is 11.9 Å². The predicted octanol–water partition coefficient (Wildman–Crippen LogP) is 0.502. The molecule has 0 bridgehead atoms. The summed E-state index contributed by atoms with van der Waals surface area (Å²) in [6, 6.07) is 0. The summed E-state index contributed by atoms with van der Waals surface area (Å²) in [6.45, 7) is 3.03. The molecule has 0 fully saturated rings. The Labute approximate surface area is 83.3 Å². The number of carboxylic acid groups (broad SMARTS) is 2. The van der Waals surface area contributed by atoms with Crippen LogP contribution in [0.4, 0.5) is 0 Å². The molecule has 0 heterocycles. The minimum Gasteiger partial charge on any atom is -0.481 e. The van der Waals surface area contributed by atoms with Crippen LogP contribution in [0.3, 0.4) is 0 Å². The Morgan fingerprint density at radius 3 is 2.00 bits per heavy atom. The van der Waals surface area contributed by atoms with Gasteiger partial charge in [-0.2, -0.15) is 0 Å². The van der Waals surface area contributed by atoms with Crippen molar-refractivity contribution in [2.75, 3.05) is 14.1 Å². The van der Waals surface area contributed by atoms with Gasteiger partial charge in [-0.15, -0.1) is 0 Å². The van der Waals surface area contributed by atoms with Gasteiger partial charge in [-0.25, -0.2) is 0 Å². The van der Waals surface area contributed by atoms with Gasteiger partial charge in [0.05, 0.1) is 5.92 Å². The van der Waals surface area contributed by atoms with Gasteiger partial charge >= 0.3 is 11.9 Å². The molecule has 0 aliphatic carbocycles. The molecule has 5 nitrogen and oxygen atoms in total. The van der Waals surface area contributed by atoms with Crippen LogP contribution in [0.2, 0.25) is 0 Å². The van der Waals surface area contributed by atoms with E-state index in [4.69, 9.17) is 10.2 Å².